The lowest BCUT2D eigenvalue weighted by atomic mass is 9.93. The van der Waals surface area contributed by atoms with Crippen molar-refractivity contribution in [1.29, 1.82) is 0 Å². The Morgan fingerprint density at radius 2 is 0.417 bits per heavy atom. The van der Waals surface area contributed by atoms with E-state index in [-0.39, 0.29) is 17.5 Å². The minimum absolute atomic E-state index is 0.185. The van der Waals surface area contributed by atoms with Crippen LogP contribution in [0.1, 0.15) is 278 Å². The molecule has 0 amide bonds. The van der Waals surface area contributed by atoms with Gasteiger partial charge in [0.05, 0.1) is 5.92 Å². The fourth-order valence-electron chi connectivity index (χ4n) is 7.37. The minimum atomic E-state index is -0.379. The topological polar surface area (TPSA) is 34.1 Å². The monoisotopic (exact) mass is 675 g/mol. The molecule has 0 saturated carbocycles. The van der Waals surface area contributed by atoms with E-state index in [0.717, 1.165) is 25.7 Å². The average Bonchev–Trinajstić information content (AvgIpc) is 3.09. The van der Waals surface area contributed by atoms with Gasteiger partial charge in [-0.2, -0.15) is 0 Å². The van der Waals surface area contributed by atoms with Crippen molar-refractivity contribution in [1.82, 2.24) is 0 Å². The zero-order valence-corrected chi connectivity index (χ0v) is 33.7. The van der Waals surface area contributed by atoms with Crippen LogP contribution in [0, 0.1) is 5.92 Å². The lowest BCUT2D eigenvalue weighted by Gasteiger charge is -2.10. The number of hydrogen-bond donors (Lipinski definition) is 0. The second-order valence-electron chi connectivity index (χ2n) is 15.9. The number of carbonyl (C=O) groups excluding carboxylic acids is 2. The molecule has 0 heterocycles. The first-order valence-electron chi connectivity index (χ1n) is 22.7. The molecule has 0 aromatic carbocycles. The highest BCUT2D eigenvalue weighted by Crippen LogP contribution is 2.18. The van der Waals surface area contributed by atoms with Crippen LogP contribution in [0.15, 0.2) is 0 Å². The smallest absolute Gasteiger partial charge is 0.143 e. The molecule has 0 aromatic heterocycles. The normalized spacial score (nSPS) is 11.6. The molecule has 0 atom stereocenters. The standard InChI is InChI=1S/C46H90O2/c1-4-6-8-10-12-14-16-18-20-22-24-26-28-30-32-34-36-38-40-42-45(47)44(3)46(48)43-41-39-37-35-33-31-29-27-25-23-21-19-17-15-13-11-9-7-5-2/h44H,4-43H2,1-3H3. The molecule has 0 bridgehead atoms. The molecular weight excluding hydrogens is 585 g/mol. The van der Waals surface area contributed by atoms with Gasteiger partial charge in [0.25, 0.3) is 0 Å². The van der Waals surface area contributed by atoms with Gasteiger partial charge in [0, 0.05) is 12.8 Å². The van der Waals surface area contributed by atoms with Crippen LogP contribution < -0.4 is 0 Å². The van der Waals surface area contributed by atoms with E-state index in [1.165, 1.54) is 218 Å². The maximum atomic E-state index is 12.5. The fraction of sp³-hybridized carbons (Fsp3) is 0.957. The lowest BCUT2D eigenvalue weighted by molar-refractivity contribution is -0.132. The molecule has 286 valence electrons. The van der Waals surface area contributed by atoms with Crippen LogP contribution in [0.5, 0.6) is 0 Å². The highest BCUT2D eigenvalue weighted by Gasteiger charge is 2.20. The Morgan fingerprint density at radius 1 is 0.271 bits per heavy atom. The van der Waals surface area contributed by atoms with Crippen LogP contribution >= 0.6 is 0 Å². The van der Waals surface area contributed by atoms with Gasteiger partial charge in [-0.05, 0) is 19.8 Å². The summed E-state index contributed by atoms with van der Waals surface area (Å²) in [5.41, 5.74) is 0. The third kappa shape index (κ3) is 36.6. The van der Waals surface area contributed by atoms with Crippen LogP contribution in [0.2, 0.25) is 0 Å². The Kier molecular flexibility index (Phi) is 40.2. The summed E-state index contributed by atoms with van der Waals surface area (Å²) in [7, 11) is 0. The molecule has 0 aliphatic carbocycles. The molecule has 0 fully saturated rings. The molecule has 0 radical (unpaired) electrons. The van der Waals surface area contributed by atoms with Gasteiger partial charge in [-0.15, -0.1) is 0 Å². The average molecular weight is 675 g/mol. The van der Waals surface area contributed by atoms with Crippen molar-refractivity contribution in [2.24, 2.45) is 5.92 Å². The van der Waals surface area contributed by atoms with E-state index in [0.29, 0.717) is 12.8 Å². The molecule has 0 unspecified atom stereocenters. The van der Waals surface area contributed by atoms with E-state index in [9.17, 15) is 9.59 Å². The maximum Gasteiger partial charge on any atom is 0.143 e. The van der Waals surface area contributed by atoms with Crippen LogP contribution in [0.4, 0.5) is 0 Å². The van der Waals surface area contributed by atoms with E-state index in [2.05, 4.69) is 13.8 Å². The summed E-state index contributed by atoms with van der Waals surface area (Å²) in [5.74, 6) is -0.00865. The van der Waals surface area contributed by atoms with Crippen LogP contribution in [-0.2, 0) is 9.59 Å². The molecule has 0 spiro atoms. The molecule has 0 N–H and O–H groups in total. The van der Waals surface area contributed by atoms with Crippen molar-refractivity contribution < 1.29 is 9.59 Å². The molecule has 0 saturated heterocycles. The van der Waals surface area contributed by atoms with Gasteiger partial charge >= 0.3 is 0 Å². The van der Waals surface area contributed by atoms with Gasteiger partial charge in [0.1, 0.15) is 11.6 Å². The summed E-state index contributed by atoms with van der Waals surface area (Å²) in [5, 5.41) is 0. The largest absolute Gasteiger partial charge is 0.299 e. The number of rotatable bonds is 42. The molecule has 0 aliphatic heterocycles. The highest BCUT2D eigenvalue weighted by atomic mass is 16.1. The number of carbonyl (C=O) groups is 2. The number of unbranched alkanes of at least 4 members (excludes halogenated alkanes) is 36. The van der Waals surface area contributed by atoms with Crippen molar-refractivity contribution in [2.45, 2.75) is 278 Å². The van der Waals surface area contributed by atoms with E-state index in [1.54, 1.807) is 0 Å². The van der Waals surface area contributed by atoms with Crippen molar-refractivity contribution in [3.63, 3.8) is 0 Å². The van der Waals surface area contributed by atoms with Gasteiger partial charge in [-0.1, -0.05) is 245 Å². The first-order valence-corrected chi connectivity index (χ1v) is 22.7. The first-order chi connectivity index (χ1) is 23.6. The Labute approximate surface area is 303 Å². The second kappa shape index (κ2) is 40.8. The van der Waals surface area contributed by atoms with E-state index in [4.69, 9.17) is 0 Å². The number of Topliss-reactive ketones (excluding diaryl/α,β-unsaturated/α-hetero) is 2. The summed E-state index contributed by atoms with van der Waals surface area (Å²) in [6.07, 6.45) is 53.1. The predicted molar refractivity (Wildman–Crippen MR) is 215 cm³/mol. The zero-order valence-electron chi connectivity index (χ0n) is 33.7. The Morgan fingerprint density at radius 3 is 0.583 bits per heavy atom. The maximum absolute atomic E-state index is 12.5. The third-order valence-corrected chi connectivity index (χ3v) is 11.0. The number of ketones is 2. The van der Waals surface area contributed by atoms with Crippen molar-refractivity contribution in [3.8, 4) is 0 Å². The summed E-state index contributed by atoms with van der Waals surface area (Å²) in [6, 6.07) is 0. The van der Waals surface area contributed by atoms with E-state index < -0.39 is 0 Å². The first kappa shape index (κ1) is 47.3. The van der Waals surface area contributed by atoms with Crippen molar-refractivity contribution in [2.75, 3.05) is 0 Å². The summed E-state index contributed by atoms with van der Waals surface area (Å²) in [6.45, 7) is 6.44. The van der Waals surface area contributed by atoms with Gasteiger partial charge in [-0.3, -0.25) is 9.59 Å². The van der Waals surface area contributed by atoms with E-state index in [1.807, 2.05) is 6.92 Å². The van der Waals surface area contributed by atoms with Crippen molar-refractivity contribution in [3.05, 3.63) is 0 Å². The Hall–Kier alpha value is -0.660. The third-order valence-electron chi connectivity index (χ3n) is 11.0. The van der Waals surface area contributed by atoms with Crippen LogP contribution in [0.25, 0.3) is 0 Å². The zero-order chi connectivity index (χ0) is 35.0. The Balaban J connectivity index is 3.36. The highest BCUT2D eigenvalue weighted by molar-refractivity contribution is 6.01. The molecule has 0 rings (SSSR count). The second-order valence-corrected chi connectivity index (χ2v) is 15.9. The number of hydrogen-bond acceptors (Lipinski definition) is 2. The summed E-state index contributed by atoms with van der Waals surface area (Å²) >= 11 is 0. The SMILES string of the molecule is CCCCCCCCCCCCCCCCCCCCCC(=O)C(C)C(=O)CCCCCCCCCCCCCCCCCCCCC. The van der Waals surface area contributed by atoms with Gasteiger partial charge < -0.3 is 0 Å². The molecule has 0 aromatic rings. The van der Waals surface area contributed by atoms with Gasteiger partial charge in [0.2, 0.25) is 0 Å². The van der Waals surface area contributed by atoms with Crippen LogP contribution in [0.3, 0.4) is 0 Å². The summed E-state index contributed by atoms with van der Waals surface area (Å²) in [4.78, 5) is 25.1. The van der Waals surface area contributed by atoms with Gasteiger partial charge in [-0.25, -0.2) is 0 Å². The molecule has 2 heteroatoms. The van der Waals surface area contributed by atoms with Crippen LogP contribution in [-0.4, -0.2) is 11.6 Å². The molecular formula is C46H90O2. The quantitative estimate of drug-likeness (QED) is 0.0477. The molecule has 2 nitrogen and oxygen atoms in total. The lowest BCUT2D eigenvalue weighted by Crippen LogP contribution is -2.20. The van der Waals surface area contributed by atoms with Crippen molar-refractivity contribution >= 4 is 11.6 Å². The Bertz CT molecular complexity index is 586. The molecule has 48 heavy (non-hydrogen) atoms. The molecule has 0 aliphatic rings. The summed E-state index contributed by atoms with van der Waals surface area (Å²) < 4.78 is 0. The predicted octanol–water partition coefficient (Wildman–Crippen LogP) is 16.4. The minimum Gasteiger partial charge on any atom is -0.299 e. The fourth-order valence-corrected chi connectivity index (χ4v) is 7.37. The van der Waals surface area contributed by atoms with Gasteiger partial charge in [0.15, 0.2) is 0 Å². The van der Waals surface area contributed by atoms with E-state index >= 15 is 0 Å².